The number of hydrogen-bond acceptors (Lipinski definition) is 3. The van der Waals surface area contributed by atoms with E-state index in [1.165, 1.54) is 12.0 Å². The molecule has 2 aromatic carbocycles. The molecule has 2 aliphatic heterocycles. The van der Waals surface area contributed by atoms with E-state index in [0.717, 1.165) is 63.2 Å². The van der Waals surface area contributed by atoms with Crippen LogP contribution in [0.3, 0.4) is 0 Å². The molecule has 2 aliphatic rings. The Hall–Kier alpha value is -1.70. The Balaban J connectivity index is 0.000000203. The van der Waals surface area contributed by atoms with Crippen molar-refractivity contribution in [1.29, 1.82) is 0 Å². The van der Waals surface area contributed by atoms with Gasteiger partial charge in [0, 0.05) is 56.9 Å². The van der Waals surface area contributed by atoms with Crippen molar-refractivity contribution in [1.82, 2.24) is 14.9 Å². The summed E-state index contributed by atoms with van der Waals surface area (Å²) in [6.07, 6.45) is 6.17. The minimum absolute atomic E-state index is 0. The maximum atomic E-state index is 12.2. The molecule has 1 N–H and O–H groups in total. The van der Waals surface area contributed by atoms with Crippen LogP contribution in [0.1, 0.15) is 44.2 Å². The molecule has 0 bridgehead atoms. The smallest absolute Gasteiger partial charge is 0.253 e. The summed E-state index contributed by atoms with van der Waals surface area (Å²) in [5.41, 5.74) is 3.11. The Morgan fingerprint density at radius 3 is 2.33 bits per heavy atom. The van der Waals surface area contributed by atoms with Crippen LogP contribution in [0.4, 0.5) is 0 Å². The van der Waals surface area contributed by atoms with Crippen LogP contribution >= 0.6 is 0 Å². The van der Waals surface area contributed by atoms with Crippen LogP contribution in [0.25, 0.3) is 21.9 Å². The minimum Gasteiger partial charge on any atom is -0.662 e. The fourth-order valence-corrected chi connectivity index (χ4v) is 4.83. The Morgan fingerprint density at radius 2 is 1.67 bits per heavy atom. The van der Waals surface area contributed by atoms with Gasteiger partial charge in [-0.2, -0.15) is 0 Å². The molecule has 0 aliphatic carbocycles. The summed E-state index contributed by atoms with van der Waals surface area (Å²) in [5, 5.41) is 12.6. The minimum atomic E-state index is 0. The van der Waals surface area contributed by atoms with Crippen molar-refractivity contribution in [3.05, 3.63) is 99.6 Å². The van der Waals surface area contributed by atoms with E-state index in [4.69, 9.17) is 5.32 Å². The zero-order valence-corrected chi connectivity index (χ0v) is 24.1. The van der Waals surface area contributed by atoms with Crippen molar-refractivity contribution in [2.24, 2.45) is 5.92 Å². The first-order valence-corrected chi connectivity index (χ1v) is 12.9. The third kappa shape index (κ3) is 8.70. The maximum Gasteiger partial charge on any atom is 0.253 e. The second-order valence-corrected chi connectivity index (χ2v) is 9.36. The van der Waals surface area contributed by atoms with Gasteiger partial charge in [0.2, 0.25) is 0 Å². The summed E-state index contributed by atoms with van der Waals surface area (Å²) in [4.78, 5) is 16.6. The van der Waals surface area contributed by atoms with E-state index in [2.05, 4.69) is 52.9 Å². The Bertz CT molecular complexity index is 1070. The van der Waals surface area contributed by atoms with Gasteiger partial charge in [0.05, 0.1) is 12.0 Å². The summed E-state index contributed by atoms with van der Waals surface area (Å²) in [6.45, 7) is 6.84. The van der Waals surface area contributed by atoms with E-state index in [1.54, 1.807) is 17.0 Å². The van der Waals surface area contributed by atoms with Crippen molar-refractivity contribution in [2.45, 2.75) is 51.2 Å². The molecule has 1 radical (unpaired) electrons. The van der Waals surface area contributed by atoms with E-state index >= 15 is 0 Å². The monoisotopic (exact) mass is 560 g/mol. The standard InChI is InChI=1S/C16H18N3O.C13H19N2.Y/c20-16-10-15(14-4-2-1-3-5-14)18-12-19(16)11-13-6-8-17-9-7-13;1-2-14-12-8-9-15-13(10-12)11-6-4-3-5-7-11;/h1-5,10,12-13H,6-9,11H2;3-7,12-14H,2,8-10H2,1H3;/q2*-1;. The topological polar surface area (TPSA) is 75.1 Å². The first-order chi connectivity index (χ1) is 17.2. The van der Waals surface area contributed by atoms with Gasteiger partial charge in [0.25, 0.3) is 5.56 Å². The number of piperidine rings is 2. The van der Waals surface area contributed by atoms with Crippen molar-refractivity contribution >= 4 is 0 Å². The van der Waals surface area contributed by atoms with Crippen molar-refractivity contribution in [3.8, 4) is 11.3 Å². The molecular weight excluding hydrogens is 523 g/mol. The van der Waals surface area contributed by atoms with E-state index in [1.807, 2.05) is 30.3 Å². The summed E-state index contributed by atoms with van der Waals surface area (Å²) in [5.74, 6) is 0.551. The van der Waals surface area contributed by atoms with Crippen LogP contribution in [0, 0.1) is 5.92 Å². The first-order valence-electron chi connectivity index (χ1n) is 12.9. The van der Waals surface area contributed by atoms with Gasteiger partial charge in [-0.05, 0) is 18.9 Å². The number of rotatable bonds is 6. The average Bonchev–Trinajstić information content (AvgIpc) is 2.92. The normalized spacial score (nSPS) is 20.0. The van der Waals surface area contributed by atoms with Crippen LogP contribution < -0.4 is 10.9 Å². The molecule has 3 aromatic rings. The molecule has 2 saturated heterocycles. The van der Waals surface area contributed by atoms with E-state index in [0.29, 0.717) is 18.0 Å². The van der Waals surface area contributed by atoms with E-state index in [-0.39, 0.29) is 38.3 Å². The maximum absolute atomic E-state index is 12.2. The Kier molecular flexibility index (Phi) is 12.5. The summed E-state index contributed by atoms with van der Waals surface area (Å²) < 4.78 is 1.72. The zero-order valence-electron chi connectivity index (χ0n) is 21.3. The van der Waals surface area contributed by atoms with Crippen LogP contribution in [-0.4, -0.2) is 41.8 Å². The predicted octanol–water partition coefficient (Wildman–Crippen LogP) is 5.56. The number of hydrogen-bond donors (Lipinski definition) is 1. The van der Waals surface area contributed by atoms with Gasteiger partial charge in [-0.15, -0.1) is 25.7 Å². The van der Waals surface area contributed by atoms with Crippen molar-refractivity contribution in [3.63, 3.8) is 0 Å². The molecule has 1 aromatic heterocycles. The number of nitrogens with zero attached hydrogens (tertiary/aromatic N) is 4. The quantitative estimate of drug-likeness (QED) is 0.429. The molecule has 2 unspecified atom stereocenters. The van der Waals surface area contributed by atoms with Crippen molar-refractivity contribution in [2.75, 3.05) is 26.2 Å². The van der Waals surface area contributed by atoms with Crippen LogP contribution in [0.5, 0.6) is 0 Å². The summed E-state index contributed by atoms with van der Waals surface area (Å²) in [7, 11) is 0. The van der Waals surface area contributed by atoms with E-state index in [9.17, 15) is 4.79 Å². The van der Waals surface area contributed by atoms with Gasteiger partial charge >= 0.3 is 0 Å². The third-order valence-electron chi connectivity index (χ3n) is 6.81. The first kappa shape index (κ1) is 28.9. The molecule has 0 spiro atoms. The summed E-state index contributed by atoms with van der Waals surface area (Å²) >= 11 is 0. The largest absolute Gasteiger partial charge is 0.662 e. The van der Waals surface area contributed by atoms with Gasteiger partial charge in [-0.1, -0.05) is 92.4 Å². The molecule has 2 fully saturated rings. The van der Waals surface area contributed by atoms with Gasteiger partial charge in [0.15, 0.2) is 0 Å². The molecule has 5 rings (SSSR count). The SMILES string of the molecule is CCNC1CC[N-]C(c2ccccc2)C1.O=c1cc(-c2ccccc2)ncn1CC1CC[N-]CC1.[Y]. The van der Waals surface area contributed by atoms with Crippen LogP contribution in [0.15, 0.2) is 77.9 Å². The van der Waals surface area contributed by atoms with Gasteiger partial charge in [-0.25, -0.2) is 4.98 Å². The van der Waals surface area contributed by atoms with Gasteiger partial charge in [-0.3, -0.25) is 9.36 Å². The Morgan fingerprint density at radius 1 is 0.972 bits per heavy atom. The third-order valence-corrected chi connectivity index (χ3v) is 6.81. The molecule has 6 nitrogen and oxygen atoms in total. The second kappa shape index (κ2) is 15.5. The molecule has 0 amide bonds. The zero-order chi connectivity index (χ0) is 24.3. The molecule has 2 atom stereocenters. The molecule has 0 saturated carbocycles. The van der Waals surface area contributed by atoms with Crippen LogP contribution in [0.2, 0.25) is 0 Å². The van der Waals surface area contributed by atoms with Crippen molar-refractivity contribution < 1.29 is 32.7 Å². The number of aromatic nitrogens is 2. The second-order valence-electron chi connectivity index (χ2n) is 9.36. The molecule has 3 heterocycles. The number of benzene rings is 2. The summed E-state index contributed by atoms with van der Waals surface area (Å²) in [6, 6.07) is 23.1. The van der Waals surface area contributed by atoms with Gasteiger partial charge < -0.3 is 16.0 Å². The predicted molar refractivity (Wildman–Crippen MR) is 144 cm³/mol. The number of nitrogens with one attached hydrogen (secondary N) is 1. The van der Waals surface area contributed by atoms with Crippen LogP contribution in [-0.2, 0) is 39.3 Å². The molecule has 36 heavy (non-hydrogen) atoms. The fraction of sp³-hybridized carbons (Fsp3) is 0.448. The Labute approximate surface area is 240 Å². The molecule has 189 valence electrons. The average molecular weight is 561 g/mol. The van der Waals surface area contributed by atoms with E-state index < -0.39 is 0 Å². The molecule has 7 heteroatoms. The molecular formula is C29H37N5OY-2. The fourth-order valence-electron chi connectivity index (χ4n) is 4.83. The van der Waals surface area contributed by atoms with Gasteiger partial charge in [0.1, 0.15) is 0 Å².